The van der Waals surface area contributed by atoms with Gasteiger partial charge in [0.1, 0.15) is 5.15 Å². The fourth-order valence-electron chi connectivity index (χ4n) is 1.89. The molecule has 0 aliphatic rings. The maximum Gasteiger partial charge on any atom is 0.130 e. The number of halogens is 2. The van der Waals surface area contributed by atoms with Crippen LogP contribution in [-0.4, -0.2) is 14.8 Å². The molecule has 2 heterocycles. The average molecular weight is 285 g/mol. The van der Waals surface area contributed by atoms with Crippen molar-refractivity contribution in [3.05, 3.63) is 45.5 Å². The van der Waals surface area contributed by atoms with E-state index < -0.39 is 0 Å². The van der Waals surface area contributed by atoms with Crippen LogP contribution >= 0.6 is 23.2 Å². The van der Waals surface area contributed by atoms with Gasteiger partial charge in [0.15, 0.2) is 0 Å². The van der Waals surface area contributed by atoms with Crippen molar-refractivity contribution in [3.63, 3.8) is 0 Å². The lowest BCUT2D eigenvalue weighted by Gasteiger charge is -2.12. The molecule has 0 bridgehead atoms. The first-order valence-electron chi connectivity index (χ1n) is 5.54. The Balaban J connectivity index is 2.27. The molecule has 0 radical (unpaired) electrons. The van der Waals surface area contributed by atoms with Gasteiger partial charge in [-0.1, -0.05) is 23.2 Å². The molecule has 0 saturated carbocycles. The van der Waals surface area contributed by atoms with E-state index in [9.17, 15) is 0 Å². The molecule has 0 fully saturated rings. The monoisotopic (exact) mass is 284 g/mol. The van der Waals surface area contributed by atoms with Gasteiger partial charge in [-0.2, -0.15) is 5.10 Å². The van der Waals surface area contributed by atoms with Crippen molar-refractivity contribution in [1.82, 2.24) is 14.8 Å². The van der Waals surface area contributed by atoms with E-state index in [1.807, 2.05) is 6.92 Å². The zero-order valence-corrected chi connectivity index (χ0v) is 11.7. The highest BCUT2D eigenvalue weighted by Gasteiger charge is 2.18. The molecule has 2 N–H and O–H groups in total. The van der Waals surface area contributed by atoms with Gasteiger partial charge in [0, 0.05) is 18.8 Å². The molecule has 96 valence electrons. The van der Waals surface area contributed by atoms with Crippen molar-refractivity contribution in [2.75, 3.05) is 0 Å². The number of hydrogen-bond acceptors (Lipinski definition) is 3. The molecular formula is C12H14Cl2N4. The summed E-state index contributed by atoms with van der Waals surface area (Å²) in [5.74, 6) is 0. The third-order valence-corrected chi connectivity index (χ3v) is 3.62. The summed E-state index contributed by atoms with van der Waals surface area (Å²) in [7, 11) is 1.80. The molecular weight excluding hydrogens is 271 g/mol. The van der Waals surface area contributed by atoms with Gasteiger partial charge in [0.25, 0.3) is 0 Å². The lowest BCUT2D eigenvalue weighted by atomic mass is 10.0. The topological polar surface area (TPSA) is 56.7 Å². The molecule has 0 spiro atoms. The average Bonchev–Trinajstić information content (AvgIpc) is 2.56. The second kappa shape index (κ2) is 5.26. The molecule has 0 aliphatic carbocycles. The first-order chi connectivity index (χ1) is 8.50. The Hall–Kier alpha value is -1.10. The normalized spacial score (nSPS) is 12.7. The van der Waals surface area contributed by atoms with E-state index in [1.54, 1.807) is 30.1 Å². The van der Waals surface area contributed by atoms with Crippen LogP contribution < -0.4 is 5.73 Å². The molecule has 1 unspecified atom stereocenters. The second-order valence-corrected chi connectivity index (χ2v) is 4.92. The molecule has 4 nitrogen and oxygen atoms in total. The van der Waals surface area contributed by atoms with Crippen LogP contribution in [0, 0.1) is 6.92 Å². The van der Waals surface area contributed by atoms with Crippen molar-refractivity contribution < 1.29 is 0 Å². The molecule has 1 atom stereocenters. The summed E-state index contributed by atoms with van der Waals surface area (Å²) < 4.78 is 1.64. The lowest BCUT2D eigenvalue weighted by molar-refractivity contribution is 0.694. The number of aromatic nitrogens is 3. The maximum atomic E-state index is 6.18. The first kappa shape index (κ1) is 13.3. The van der Waals surface area contributed by atoms with Gasteiger partial charge in [-0.05, 0) is 25.5 Å². The summed E-state index contributed by atoms with van der Waals surface area (Å²) in [5, 5.41) is 5.43. The van der Waals surface area contributed by atoms with Crippen LogP contribution in [0.4, 0.5) is 0 Å². The summed E-state index contributed by atoms with van der Waals surface area (Å²) in [6, 6.07) is 3.27. The fourth-order valence-corrected chi connectivity index (χ4v) is 2.41. The highest BCUT2D eigenvalue weighted by atomic mass is 35.5. The van der Waals surface area contributed by atoms with Crippen LogP contribution in [0.3, 0.4) is 0 Å². The van der Waals surface area contributed by atoms with Gasteiger partial charge in [-0.3, -0.25) is 9.67 Å². The van der Waals surface area contributed by atoms with Crippen LogP contribution in [0.5, 0.6) is 0 Å². The molecule has 0 saturated heterocycles. The first-order valence-corrected chi connectivity index (χ1v) is 6.30. The third-order valence-electron chi connectivity index (χ3n) is 2.83. The highest BCUT2D eigenvalue weighted by Crippen LogP contribution is 2.26. The van der Waals surface area contributed by atoms with E-state index in [2.05, 4.69) is 10.1 Å². The van der Waals surface area contributed by atoms with Gasteiger partial charge >= 0.3 is 0 Å². The van der Waals surface area contributed by atoms with E-state index in [0.717, 1.165) is 11.3 Å². The molecule has 2 aromatic rings. The van der Waals surface area contributed by atoms with Crippen molar-refractivity contribution >= 4 is 23.2 Å². The Morgan fingerprint density at radius 2 is 2.17 bits per heavy atom. The predicted octanol–water partition coefficient (Wildman–Crippen LogP) is 2.67. The zero-order chi connectivity index (χ0) is 13.3. The summed E-state index contributed by atoms with van der Waals surface area (Å²) in [6.45, 7) is 1.91. The number of hydrogen-bond donors (Lipinski definition) is 1. The Labute approximate surface area is 116 Å². The SMILES string of the molecule is Cc1nn(C)c(Cl)c1CC(N)c1ncccc1Cl. The zero-order valence-electron chi connectivity index (χ0n) is 10.2. The Morgan fingerprint density at radius 1 is 1.44 bits per heavy atom. The van der Waals surface area contributed by atoms with E-state index >= 15 is 0 Å². The largest absolute Gasteiger partial charge is 0.322 e. The Bertz CT molecular complexity index is 565. The van der Waals surface area contributed by atoms with E-state index in [0.29, 0.717) is 22.3 Å². The minimum absolute atomic E-state index is 0.293. The van der Waals surface area contributed by atoms with Gasteiger partial charge in [-0.15, -0.1) is 0 Å². The maximum absolute atomic E-state index is 6.18. The van der Waals surface area contributed by atoms with Crippen LogP contribution in [-0.2, 0) is 13.5 Å². The lowest BCUT2D eigenvalue weighted by Crippen LogP contribution is -2.15. The van der Waals surface area contributed by atoms with E-state index in [-0.39, 0.29) is 6.04 Å². The molecule has 6 heteroatoms. The summed E-state index contributed by atoms with van der Waals surface area (Å²) in [4.78, 5) is 4.21. The molecule has 0 aromatic carbocycles. The summed E-state index contributed by atoms with van der Waals surface area (Å²) in [6.07, 6.45) is 2.24. The molecule has 0 amide bonds. The molecule has 2 rings (SSSR count). The van der Waals surface area contributed by atoms with Gasteiger partial charge in [0.05, 0.1) is 22.5 Å². The quantitative estimate of drug-likeness (QED) is 0.943. The van der Waals surface area contributed by atoms with Crippen LogP contribution in [0.25, 0.3) is 0 Å². The summed E-state index contributed by atoms with van der Waals surface area (Å²) in [5.41, 5.74) is 8.63. The third kappa shape index (κ3) is 2.51. The van der Waals surface area contributed by atoms with E-state index in [1.165, 1.54) is 0 Å². The van der Waals surface area contributed by atoms with Crippen molar-refractivity contribution in [3.8, 4) is 0 Å². The number of pyridine rings is 1. The highest BCUT2D eigenvalue weighted by molar-refractivity contribution is 6.31. The van der Waals surface area contributed by atoms with E-state index in [4.69, 9.17) is 28.9 Å². The minimum Gasteiger partial charge on any atom is -0.322 e. The number of rotatable bonds is 3. The fraction of sp³-hybridized carbons (Fsp3) is 0.333. The van der Waals surface area contributed by atoms with Crippen LogP contribution in [0.2, 0.25) is 10.2 Å². The van der Waals surface area contributed by atoms with Crippen LogP contribution in [0.1, 0.15) is 23.0 Å². The Morgan fingerprint density at radius 3 is 2.72 bits per heavy atom. The number of nitrogens with zero attached hydrogens (tertiary/aromatic N) is 3. The van der Waals surface area contributed by atoms with Gasteiger partial charge in [0.2, 0.25) is 0 Å². The van der Waals surface area contributed by atoms with Crippen LogP contribution in [0.15, 0.2) is 18.3 Å². The van der Waals surface area contributed by atoms with Crippen molar-refractivity contribution in [2.45, 2.75) is 19.4 Å². The standard InChI is InChI=1S/C12H14Cl2N4/c1-7-8(12(14)18(2)17-7)6-10(15)11-9(13)4-3-5-16-11/h3-5,10H,6,15H2,1-2H3. The van der Waals surface area contributed by atoms with Crippen molar-refractivity contribution in [1.29, 1.82) is 0 Å². The second-order valence-electron chi connectivity index (χ2n) is 4.16. The predicted molar refractivity (Wildman–Crippen MR) is 72.8 cm³/mol. The smallest absolute Gasteiger partial charge is 0.130 e. The van der Waals surface area contributed by atoms with Crippen molar-refractivity contribution in [2.24, 2.45) is 12.8 Å². The van der Waals surface area contributed by atoms with Gasteiger partial charge in [-0.25, -0.2) is 0 Å². The Kier molecular flexibility index (Phi) is 3.90. The number of aryl methyl sites for hydroxylation is 2. The molecule has 2 aromatic heterocycles. The summed E-state index contributed by atoms with van der Waals surface area (Å²) >= 11 is 12.3. The molecule has 0 aliphatic heterocycles. The number of nitrogens with two attached hydrogens (primary N) is 1. The van der Waals surface area contributed by atoms with Gasteiger partial charge < -0.3 is 5.73 Å². The minimum atomic E-state index is -0.293. The molecule has 18 heavy (non-hydrogen) atoms.